The Bertz CT molecular complexity index is 661. The molecule has 0 bridgehead atoms. The highest BCUT2D eigenvalue weighted by Gasteiger charge is 2.42. The Balaban J connectivity index is 1.70. The number of benzene rings is 1. The number of methoxy groups -OCH3 is 1. The molecule has 2 heterocycles. The first kappa shape index (κ1) is 20.0. The van der Waals surface area contributed by atoms with Gasteiger partial charge >= 0.3 is 0 Å². The molecule has 0 saturated carbocycles. The van der Waals surface area contributed by atoms with Gasteiger partial charge in [0.1, 0.15) is 0 Å². The van der Waals surface area contributed by atoms with Crippen molar-refractivity contribution in [2.75, 3.05) is 33.4 Å². The molecule has 2 aliphatic rings. The summed E-state index contributed by atoms with van der Waals surface area (Å²) >= 11 is 0. The van der Waals surface area contributed by atoms with Gasteiger partial charge in [0.2, 0.25) is 5.91 Å². The second-order valence-corrected chi connectivity index (χ2v) is 8.35. The molecule has 2 saturated heterocycles. The number of carbonyl (C=O) groups excluding carboxylic acids is 1. The summed E-state index contributed by atoms with van der Waals surface area (Å²) in [4.78, 5) is 16.9. The zero-order valence-electron chi connectivity index (χ0n) is 17.3. The van der Waals surface area contributed by atoms with Crippen LogP contribution in [0, 0.1) is 5.41 Å². The third kappa shape index (κ3) is 4.57. The Kier molecular flexibility index (Phi) is 6.30. The maximum Gasteiger partial charge on any atom is 0.222 e. The van der Waals surface area contributed by atoms with Crippen molar-refractivity contribution in [2.24, 2.45) is 5.41 Å². The molecule has 5 nitrogen and oxygen atoms in total. The first-order valence-corrected chi connectivity index (χ1v) is 10.3. The van der Waals surface area contributed by atoms with E-state index in [-0.39, 0.29) is 5.41 Å². The fraction of sp³-hybridized carbons (Fsp3) is 0.682. The summed E-state index contributed by atoms with van der Waals surface area (Å²) in [5.41, 5.74) is 1.51. The fourth-order valence-corrected chi connectivity index (χ4v) is 4.64. The molecule has 1 atom stereocenters. The molecule has 5 heteroatoms. The SMILES string of the molecule is CCOc1cc(CN2CCC[C@@]3(CCC(=O)N(C(C)C)C3)C2)ccc1OC. The summed E-state index contributed by atoms with van der Waals surface area (Å²) in [5, 5.41) is 0. The molecule has 1 spiro atoms. The maximum atomic E-state index is 12.3. The van der Waals surface area contributed by atoms with Gasteiger partial charge < -0.3 is 14.4 Å². The standard InChI is InChI=1S/C22H34N2O3/c1-5-27-20-13-18(7-8-19(20)26-4)14-23-12-6-10-22(15-23)11-9-21(25)24(16-22)17(2)3/h7-8,13,17H,5-6,9-12,14-16H2,1-4H3/t22-/m1/s1. The summed E-state index contributed by atoms with van der Waals surface area (Å²) in [7, 11) is 1.68. The molecular formula is C22H34N2O3. The lowest BCUT2D eigenvalue weighted by atomic mass is 9.73. The lowest BCUT2D eigenvalue weighted by Crippen LogP contribution is -2.55. The molecule has 27 heavy (non-hydrogen) atoms. The van der Waals surface area contributed by atoms with Gasteiger partial charge in [-0.3, -0.25) is 9.69 Å². The van der Waals surface area contributed by atoms with E-state index in [2.05, 4.69) is 35.8 Å². The quantitative estimate of drug-likeness (QED) is 0.761. The van der Waals surface area contributed by atoms with Crippen LogP contribution in [0.15, 0.2) is 18.2 Å². The zero-order chi connectivity index (χ0) is 19.4. The van der Waals surface area contributed by atoms with E-state index in [0.717, 1.165) is 44.1 Å². The number of carbonyl (C=O) groups is 1. The number of hydrogen-bond acceptors (Lipinski definition) is 4. The molecule has 2 fully saturated rings. The second kappa shape index (κ2) is 8.51. The van der Waals surface area contributed by atoms with Crippen molar-refractivity contribution in [3.05, 3.63) is 23.8 Å². The predicted molar refractivity (Wildman–Crippen MR) is 107 cm³/mol. The third-order valence-corrected chi connectivity index (χ3v) is 5.99. The third-order valence-electron chi connectivity index (χ3n) is 5.99. The van der Waals surface area contributed by atoms with Crippen molar-refractivity contribution < 1.29 is 14.3 Å². The van der Waals surface area contributed by atoms with Crippen LogP contribution in [-0.2, 0) is 11.3 Å². The Morgan fingerprint density at radius 1 is 1.19 bits per heavy atom. The van der Waals surface area contributed by atoms with Crippen LogP contribution in [0.5, 0.6) is 11.5 Å². The van der Waals surface area contributed by atoms with E-state index < -0.39 is 0 Å². The fourth-order valence-electron chi connectivity index (χ4n) is 4.64. The minimum atomic E-state index is 0.256. The van der Waals surface area contributed by atoms with Gasteiger partial charge in [-0.2, -0.15) is 0 Å². The normalized spacial score (nSPS) is 23.9. The highest BCUT2D eigenvalue weighted by Crippen LogP contribution is 2.40. The number of amides is 1. The van der Waals surface area contributed by atoms with E-state index in [9.17, 15) is 4.79 Å². The summed E-state index contributed by atoms with van der Waals surface area (Å²) in [6.07, 6.45) is 4.16. The number of hydrogen-bond donors (Lipinski definition) is 0. The molecule has 0 aliphatic carbocycles. The van der Waals surface area contributed by atoms with Gasteiger partial charge in [-0.15, -0.1) is 0 Å². The van der Waals surface area contributed by atoms with E-state index in [1.165, 1.54) is 18.4 Å². The summed E-state index contributed by atoms with van der Waals surface area (Å²) in [6, 6.07) is 6.53. The average Bonchev–Trinajstić information content (AvgIpc) is 2.65. The molecule has 1 amide bonds. The number of nitrogens with zero attached hydrogens (tertiary/aromatic N) is 2. The van der Waals surface area contributed by atoms with Gasteiger partial charge in [-0.25, -0.2) is 0 Å². The second-order valence-electron chi connectivity index (χ2n) is 8.35. The van der Waals surface area contributed by atoms with Crippen LogP contribution in [0.4, 0.5) is 0 Å². The Morgan fingerprint density at radius 3 is 2.70 bits per heavy atom. The summed E-state index contributed by atoms with van der Waals surface area (Å²) in [6.45, 7) is 10.9. The minimum absolute atomic E-state index is 0.256. The molecule has 1 aromatic carbocycles. The Morgan fingerprint density at radius 2 is 2.00 bits per heavy atom. The first-order chi connectivity index (χ1) is 13.0. The van der Waals surface area contributed by atoms with Crippen molar-refractivity contribution >= 4 is 5.91 Å². The zero-order valence-corrected chi connectivity index (χ0v) is 17.3. The van der Waals surface area contributed by atoms with Crippen LogP contribution in [0.2, 0.25) is 0 Å². The number of piperidine rings is 2. The maximum absolute atomic E-state index is 12.3. The van der Waals surface area contributed by atoms with Crippen LogP contribution >= 0.6 is 0 Å². The van der Waals surface area contributed by atoms with Crippen LogP contribution in [0.3, 0.4) is 0 Å². The monoisotopic (exact) mass is 374 g/mol. The molecule has 1 aromatic rings. The summed E-state index contributed by atoms with van der Waals surface area (Å²) in [5.74, 6) is 1.93. The van der Waals surface area contributed by atoms with E-state index >= 15 is 0 Å². The van der Waals surface area contributed by atoms with E-state index in [0.29, 0.717) is 25.0 Å². The lowest BCUT2D eigenvalue weighted by molar-refractivity contribution is -0.141. The van der Waals surface area contributed by atoms with Gasteiger partial charge in [0.15, 0.2) is 11.5 Å². The molecule has 3 rings (SSSR count). The number of rotatable bonds is 6. The van der Waals surface area contributed by atoms with E-state index in [4.69, 9.17) is 9.47 Å². The Labute approximate surface area is 163 Å². The number of ether oxygens (including phenoxy) is 2. The first-order valence-electron chi connectivity index (χ1n) is 10.3. The Hall–Kier alpha value is -1.75. The molecule has 0 unspecified atom stereocenters. The smallest absolute Gasteiger partial charge is 0.222 e. The molecule has 150 valence electrons. The van der Waals surface area contributed by atoms with E-state index in [1.807, 2.05) is 13.0 Å². The van der Waals surface area contributed by atoms with Gasteiger partial charge in [-0.05, 0) is 64.3 Å². The van der Waals surface area contributed by atoms with Crippen molar-refractivity contribution in [3.8, 4) is 11.5 Å². The van der Waals surface area contributed by atoms with Crippen molar-refractivity contribution in [2.45, 2.75) is 59.0 Å². The van der Waals surface area contributed by atoms with Crippen molar-refractivity contribution in [1.29, 1.82) is 0 Å². The van der Waals surface area contributed by atoms with Gasteiger partial charge in [0.25, 0.3) is 0 Å². The lowest BCUT2D eigenvalue weighted by Gasteiger charge is -2.49. The average molecular weight is 375 g/mol. The van der Waals surface area contributed by atoms with Crippen LogP contribution in [0.25, 0.3) is 0 Å². The molecular weight excluding hydrogens is 340 g/mol. The minimum Gasteiger partial charge on any atom is -0.493 e. The van der Waals surface area contributed by atoms with Crippen LogP contribution in [-0.4, -0.2) is 55.1 Å². The molecule has 2 aliphatic heterocycles. The topological polar surface area (TPSA) is 42.0 Å². The predicted octanol–water partition coefficient (Wildman–Crippen LogP) is 3.71. The van der Waals surface area contributed by atoms with Crippen molar-refractivity contribution in [1.82, 2.24) is 9.80 Å². The van der Waals surface area contributed by atoms with Crippen molar-refractivity contribution in [3.63, 3.8) is 0 Å². The molecule has 0 N–H and O–H groups in total. The van der Waals surface area contributed by atoms with Gasteiger partial charge in [-0.1, -0.05) is 6.07 Å². The molecule has 0 radical (unpaired) electrons. The molecule has 0 aromatic heterocycles. The van der Waals surface area contributed by atoms with Gasteiger partial charge in [0.05, 0.1) is 13.7 Å². The number of likely N-dealkylation sites (tertiary alicyclic amines) is 2. The van der Waals surface area contributed by atoms with E-state index in [1.54, 1.807) is 7.11 Å². The highest BCUT2D eigenvalue weighted by molar-refractivity contribution is 5.77. The summed E-state index contributed by atoms with van der Waals surface area (Å²) < 4.78 is 11.1. The highest BCUT2D eigenvalue weighted by atomic mass is 16.5. The van der Waals surface area contributed by atoms with Gasteiger partial charge in [0, 0.05) is 37.5 Å². The largest absolute Gasteiger partial charge is 0.493 e. The van der Waals surface area contributed by atoms with Crippen LogP contribution in [0.1, 0.15) is 52.0 Å². The van der Waals surface area contributed by atoms with Crippen LogP contribution < -0.4 is 9.47 Å².